The summed E-state index contributed by atoms with van der Waals surface area (Å²) in [6.45, 7) is 13.5. The zero-order valence-corrected chi connectivity index (χ0v) is 28.1. The van der Waals surface area contributed by atoms with E-state index < -0.39 is 59.1 Å². The highest BCUT2D eigenvalue weighted by atomic mass is 16.5. The summed E-state index contributed by atoms with van der Waals surface area (Å²) in [5, 5.41) is 8.32. The molecular weight excluding hydrogens is 590 g/mol. The Kier molecular flexibility index (Phi) is 9.89. The fourth-order valence-corrected chi connectivity index (χ4v) is 6.78. The van der Waals surface area contributed by atoms with Crippen molar-refractivity contribution in [2.75, 3.05) is 13.7 Å². The van der Waals surface area contributed by atoms with Crippen molar-refractivity contribution < 1.29 is 33.5 Å². The standard InChI is InChI=1S/C34H49N5O7/c1-17(2)24(26(40)19-10-9-11-20(15-19)46-8)37-32(45)38-28(33(3,4)5)31(44)39-16-21-23(34(21,6)7)25(39)30(43)36-22(14-18-12-13-18)27(41)29(35)42/h9-11,15,17-18,21-25,28H,12-14,16H2,1-8H3,(H2,35,42)(H,36,43)(H2,37,38,45)/t21-,22?,23-,24-,25-,28+/m0/s1. The number of ether oxygens (including phenoxy) is 1. The normalized spacial score (nSPS) is 23.4. The lowest BCUT2D eigenvalue weighted by atomic mass is 9.85. The summed E-state index contributed by atoms with van der Waals surface area (Å²) in [6, 6.07) is 2.13. The van der Waals surface area contributed by atoms with Crippen molar-refractivity contribution in [3.8, 4) is 5.75 Å². The van der Waals surface area contributed by atoms with E-state index in [1.54, 1.807) is 24.3 Å². The molecule has 1 aromatic rings. The van der Waals surface area contributed by atoms with Crippen LogP contribution in [0.4, 0.5) is 4.79 Å². The Bertz CT molecular complexity index is 1400. The number of carbonyl (C=O) groups excluding carboxylic acids is 6. The third kappa shape index (κ3) is 7.36. The number of fused-ring (bicyclic) bond motifs is 1. The van der Waals surface area contributed by atoms with Gasteiger partial charge in [0.05, 0.1) is 19.2 Å². The predicted molar refractivity (Wildman–Crippen MR) is 171 cm³/mol. The van der Waals surface area contributed by atoms with E-state index in [-0.39, 0.29) is 34.9 Å². The lowest BCUT2D eigenvalue weighted by Gasteiger charge is -2.38. The van der Waals surface area contributed by atoms with Crippen LogP contribution in [0.1, 0.15) is 78.1 Å². The fourth-order valence-electron chi connectivity index (χ4n) is 6.78. The SMILES string of the molecule is COc1cccc(C(=O)[C@@H](NC(=O)N[C@H](C(=O)N2C[C@H]3[C@@H]([C@H]2C(=O)NC(CC2CC2)C(=O)C(N)=O)C3(C)C)C(C)(C)C)C(C)C)c1. The Labute approximate surface area is 270 Å². The van der Waals surface area contributed by atoms with E-state index in [0.717, 1.165) is 12.8 Å². The van der Waals surface area contributed by atoms with Gasteiger partial charge in [-0.3, -0.25) is 24.0 Å². The molecule has 1 unspecified atom stereocenters. The molecule has 0 bridgehead atoms. The number of hydrogen-bond acceptors (Lipinski definition) is 7. The van der Waals surface area contributed by atoms with Gasteiger partial charge < -0.3 is 31.3 Å². The van der Waals surface area contributed by atoms with Gasteiger partial charge in [0.1, 0.15) is 17.8 Å². The zero-order valence-electron chi connectivity index (χ0n) is 28.1. The number of Topliss-reactive ketones (excluding diaryl/α,β-unsaturated/α-hetero) is 2. The van der Waals surface area contributed by atoms with Crippen LogP contribution in [0, 0.1) is 34.5 Å². The van der Waals surface area contributed by atoms with Gasteiger partial charge in [-0.15, -0.1) is 0 Å². The highest BCUT2D eigenvalue weighted by Crippen LogP contribution is 2.65. The van der Waals surface area contributed by atoms with Crippen LogP contribution in [0.3, 0.4) is 0 Å². The molecule has 5 N–H and O–H groups in total. The van der Waals surface area contributed by atoms with Crippen LogP contribution in [0.15, 0.2) is 24.3 Å². The van der Waals surface area contributed by atoms with Crippen molar-refractivity contribution in [1.82, 2.24) is 20.9 Å². The number of rotatable bonds is 13. The van der Waals surface area contributed by atoms with Crippen LogP contribution in [-0.4, -0.2) is 78.0 Å². The summed E-state index contributed by atoms with van der Waals surface area (Å²) in [4.78, 5) is 80.8. The summed E-state index contributed by atoms with van der Waals surface area (Å²) in [7, 11) is 1.50. The average molecular weight is 640 g/mol. The molecule has 2 aliphatic carbocycles. The first-order valence-electron chi connectivity index (χ1n) is 16.1. The van der Waals surface area contributed by atoms with Gasteiger partial charge in [0, 0.05) is 12.1 Å². The molecule has 0 radical (unpaired) electrons. The Morgan fingerprint density at radius 1 is 1.04 bits per heavy atom. The Morgan fingerprint density at radius 3 is 2.24 bits per heavy atom. The number of piperidine rings is 1. The quantitative estimate of drug-likeness (QED) is 0.189. The van der Waals surface area contributed by atoms with Crippen LogP contribution in [0.25, 0.3) is 0 Å². The van der Waals surface area contributed by atoms with Gasteiger partial charge in [-0.25, -0.2) is 4.79 Å². The lowest BCUT2D eigenvalue weighted by molar-refractivity contribution is -0.145. The van der Waals surface area contributed by atoms with E-state index in [9.17, 15) is 28.8 Å². The van der Waals surface area contributed by atoms with Gasteiger partial charge in [0.2, 0.25) is 17.6 Å². The minimum absolute atomic E-state index is 0.0566. The monoisotopic (exact) mass is 639 g/mol. The van der Waals surface area contributed by atoms with Gasteiger partial charge in [-0.05, 0) is 53.1 Å². The number of hydrogen-bond donors (Lipinski definition) is 4. The van der Waals surface area contributed by atoms with Gasteiger partial charge in [-0.2, -0.15) is 0 Å². The smallest absolute Gasteiger partial charge is 0.316 e. The molecule has 12 nitrogen and oxygen atoms in total. The first-order valence-corrected chi connectivity index (χ1v) is 16.1. The third-order valence-electron chi connectivity index (χ3n) is 9.88. The second kappa shape index (κ2) is 13.0. The van der Waals surface area contributed by atoms with Gasteiger partial charge in [0.25, 0.3) is 5.91 Å². The molecule has 1 aromatic carbocycles. The van der Waals surface area contributed by atoms with E-state index in [1.807, 2.05) is 48.5 Å². The summed E-state index contributed by atoms with van der Waals surface area (Å²) in [5.41, 5.74) is 4.70. The van der Waals surface area contributed by atoms with Crippen molar-refractivity contribution in [3.05, 3.63) is 29.8 Å². The van der Waals surface area contributed by atoms with Crippen LogP contribution < -0.4 is 26.4 Å². The number of benzene rings is 1. The number of likely N-dealkylation sites (tertiary alicyclic amines) is 1. The first-order chi connectivity index (χ1) is 21.4. The highest BCUT2D eigenvalue weighted by molar-refractivity contribution is 6.37. The molecule has 3 fully saturated rings. The molecular formula is C34H49N5O7. The Hall–Kier alpha value is -3.96. The molecule has 1 heterocycles. The number of amides is 5. The second-order valence-electron chi connectivity index (χ2n) is 15.1. The van der Waals surface area contributed by atoms with Crippen LogP contribution >= 0.6 is 0 Å². The van der Waals surface area contributed by atoms with Crippen molar-refractivity contribution in [3.63, 3.8) is 0 Å². The number of nitrogens with one attached hydrogen (secondary N) is 3. The van der Waals surface area contributed by atoms with E-state index in [1.165, 1.54) is 12.0 Å². The lowest BCUT2D eigenvalue weighted by Crippen LogP contribution is -2.62. The van der Waals surface area contributed by atoms with Crippen molar-refractivity contribution in [1.29, 1.82) is 0 Å². The number of methoxy groups -OCH3 is 1. The predicted octanol–water partition coefficient (Wildman–Crippen LogP) is 2.44. The van der Waals surface area contributed by atoms with Crippen LogP contribution in [-0.2, 0) is 19.2 Å². The summed E-state index contributed by atoms with van der Waals surface area (Å²) >= 11 is 0. The third-order valence-corrected chi connectivity index (χ3v) is 9.88. The number of carbonyl (C=O) groups is 6. The van der Waals surface area contributed by atoms with E-state index in [0.29, 0.717) is 24.3 Å². The molecule has 2 saturated carbocycles. The molecule has 46 heavy (non-hydrogen) atoms. The highest BCUT2D eigenvalue weighted by Gasteiger charge is 2.70. The minimum atomic E-state index is -1.11. The summed E-state index contributed by atoms with van der Waals surface area (Å²) in [5.74, 6) is -2.81. The topological polar surface area (TPSA) is 177 Å². The van der Waals surface area contributed by atoms with E-state index in [2.05, 4.69) is 16.0 Å². The van der Waals surface area contributed by atoms with Crippen LogP contribution in [0.2, 0.25) is 0 Å². The van der Waals surface area contributed by atoms with E-state index >= 15 is 0 Å². The number of nitrogens with two attached hydrogens (primary N) is 1. The number of primary amides is 1. The molecule has 3 aliphatic rings. The average Bonchev–Trinajstić information content (AvgIpc) is 3.83. The number of nitrogens with zero attached hydrogens (tertiary/aromatic N) is 1. The molecule has 1 aliphatic heterocycles. The Morgan fingerprint density at radius 2 is 1.70 bits per heavy atom. The summed E-state index contributed by atoms with van der Waals surface area (Å²) < 4.78 is 5.24. The molecule has 5 amide bonds. The second-order valence-corrected chi connectivity index (χ2v) is 15.1. The minimum Gasteiger partial charge on any atom is -0.497 e. The maximum atomic E-state index is 14.3. The summed E-state index contributed by atoms with van der Waals surface area (Å²) in [6.07, 6.45) is 2.14. The molecule has 252 valence electrons. The molecule has 0 spiro atoms. The van der Waals surface area contributed by atoms with Crippen molar-refractivity contribution >= 4 is 35.3 Å². The molecule has 6 atom stereocenters. The van der Waals surface area contributed by atoms with E-state index in [4.69, 9.17) is 10.5 Å². The maximum absolute atomic E-state index is 14.3. The fraction of sp³-hybridized carbons (Fsp3) is 0.647. The van der Waals surface area contributed by atoms with Gasteiger partial charge in [-0.1, -0.05) is 73.4 Å². The molecule has 4 rings (SSSR count). The number of urea groups is 1. The maximum Gasteiger partial charge on any atom is 0.316 e. The van der Waals surface area contributed by atoms with Crippen molar-refractivity contribution in [2.45, 2.75) is 91.9 Å². The van der Waals surface area contributed by atoms with Crippen molar-refractivity contribution in [2.24, 2.45) is 40.2 Å². The molecule has 1 saturated heterocycles. The van der Waals surface area contributed by atoms with Crippen LogP contribution in [0.5, 0.6) is 5.75 Å². The van der Waals surface area contributed by atoms with Gasteiger partial charge >= 0.3 is 6.03 Å². The molecule has 12 heteroatoms. The molecule has 0 aromatic heterocycles. The van der Waals surface area contributed by atoms with Gasteiger partial charge in [0.15, 0.2) is 5.78 Å². The number of ketones is 2. The zero-order chi connectivity index (χ0) is 34.3. The Balaban J connectivity index is 1.53. The first kappa shape index (κ1) is 34.9. The largest absolute Gasteiger partial charge is 0.497 e.